The van der Waals surface area contributed by atoms with Crippen LogP contribution in [-0.4, -0.2) is 43.2 Å². The lowest BCUT2D eigenvalue weighted by molar-refractivity contribution is -0.147. The van der Waals surface area contributed by atoms with Crippen molar-refractivity contribution in [2.75, 3.05) is 6.61 Å². The second kappa shape index (κ2) is 8.42. The van der Waals surface area contributed by atoms with E-state index in [1.165, 1.54) is 29.5 Å². The first-order valence-corrected chi connectivity index (χ1v) is 11.9. The molecule has 35 heavy (non-hydrogen) atoms. The number of esters is 1. The number of carbonyl (C=O) groups is 1. The van der Waals surface area contributed by atoms with Crippen molar-refractivity contribution in [2.24, 2.45) is 10.9 Å². The summed E-state index contributed by atoms with van der Waals surface area (Å²) in [5, 5.41) is 17.4. The Hall–Kier alpha value is -3.86. The minimum atomic E-state index is -0.707. The third kappa shape index (κ3) is 3.45. The van der Waals surface area contributed by atoms with Crippen molar-refractivity contribution < 1.29 is 18.3 Å². The number of rotatable bonds is 4. The molecule has 8 nitrogen and oxygen atoms in total. The SMILES string of the molecule is CCOC(=O)C1Cc2sc3c(c2C1)C(c1c(F)cccc1F)=NCc1nnc(-c2cccnn2)n1-3. The number of carbonyl (C=O) groups excluding carboxylic acids is 1. The molecule has 1 aliphatic carbocycles. The van der Waals surface area contributed by atoms with Gasteiger partial charge in [-0.1, -0.05) is 6.07 Å². The third-order valence-electron chi connectivity index (χ3n) is 6.12. The van der Waals surface area contributed by atoms with Crippen molar-refractivity contribution in [2.45, 2.75) is 26.3 Å². The first-order valence-electron chi connectivity index (χ1n) is 11.1. The van der Waals surface area contributed by atoms with E-state index >= 15 is 0 Å². The number of benzene rings is 1. The van der Waals surface area contributed by atoms with E-state index in [1.807, 2.05) is 4.57 Å². The first kappa shape index (κ1) is 21.7. The Labute approximate surface area is 202 Å². The molecule has 1 aliphatic heterocycles. The Morgan fingerprint density at radius 2 is 1.94 bits per heavy atom. The number of ether oxygens (including phenoxy) is 1. The summed E-state index contributed by atoms with van der Waals surface area (Å²) in [5.74, 6) is -1.07. The summed E-state index contributed by atoms with van der Waals surface area (Å²) in [6.07, 6.45) is 2.44. The summed E-state index contributed by atoms with van der Waals surface area (Å²) in [6.45, 7) is 2.12. The van der Waals surface area contributed by atoms with Crippen LogP contribution in [0.1, 0.15) is 34.3 Å². The average Bonchev–Trinajstić information content (AvgIpc) is 3.52. The molecular formula is C24H18F2N6O2S. The molecule has 3 aromatic heterocycles. The minimum Gasteiger partial charge on any atom is -0.466 e. The molecule has 0 amide bonds. The first-order chi connectivity index (χ1) is 17.1. The molecule has 0 spiro atoms. The van der Waals surface area contributed by atoms with E-state index in [0.717, 1.165) is 10.4 Å². The number of thiophene rings is 1. The molecule has 1 atom stereocenters. The predicted octanol–water partition coefficient (Wildman–Crippen LogP) is 3.69. The van der Waals surface area contributed by atoms with Crippen LogP contribution < -0.4 is 0 Å². The van der Waals surface area contributed by atoms with Gasteiger partial charge in [0.1, 0.15) is 28.9 Å². The van der Waals surface area contributed by atoms with Gasteiger partial charge in [-0.05, 0) is 49.6 Å². The normalized spacial score (nSPS) is 16.2. The maximum absolute atomic E-state index is 15.0. The summed E-state index contributed by atoms with van der Waals surface area (Å²) >= 11 is 1.44. The number of aliphatic imine (C=N–C) groups is 1. The van der Waals surface area contributed by atoms with Gasteiger partial charge in [0.25, 0.3) is 0 Å². The second-order valence-electron chi connectivity index (χ2n) is 8.19. The van der Waals surface area contributed by atoms with Gasteiger partial charge in [-0.2, -0.15) is 5.10 Å². The van der Waals surface area contributed by atoms with Gasteiger partial charge >= 0.3 is 5.97 Å². The topological polar surface area (TPSA) is 95.2 Å². The number of hydrogen-bond acceptors (Lipinski definition) is 8. The van der Waals surface area contributed by atoms with Gasteiger partial charge in [0.15, 0.2) is 11.6 Å². The molecule has 0 N–H and O–H groups in total. The van der Waals surface area contributed by atoms with Crippen LogP contribution in [0.3, 0.4) is 0 Å². The van der Waals surface area contributed by atoms with E-state index in [9.17, 15) is 13.6 Å². The van der Waals surface area contributed by atoms with Crippen LogP contribution in [0, 0.1) is 17.6 Å². The second-order valence-corrected chi connectivity index (χ2v) is 9.27. The standard InChI is InChI=1S/C24H18F2N6O2S/c1-2-34-24(33)12-9-13-17(10-12)35-23-19(13)21(20-14(25)5-3-6-15(20)26)27-11-18-30-31-22(32(18)23)16-7-4-8-28-29-16/h3-8,12H,2,9-11H2,1H3. The molecule has 11 heteroatoms. The van der Waals surface area contributed by atoms with Crippen molar-refractivity contribution in [3.63, 3.8) is 0 Å². The lowest BCUT2D eigenvalue weighted by Gasteiger charge is -2.13. The summed E-state index contributed by atoms with van der Waals surface area (Å²) in [6, 6.07) is 7.26. The number of halogens is 2. The Kier molecular flexibility index (Phi) is 5.21. The predicted molar refractivity (Wildman–Crippen MR) is 123 cm³/mol. The molecule has 4 heterocycles. The number of fused-ring (bicyclic) bond motifs is 5. The van der Waals surface area contributed by atoms with Crippen LogP contribution in [0.25, 0.3) is 16.5 Å². The minimum absolute atomic E-state index is 0.0633. The fourth-order valence-corrected chi connectivity index (χ4v) is 6.06. The summed E-state index contributed by atoms with van der Waals surface area (Å²) in [5.41, 5.74) is 1.94. The van der Waals surface area contributed by atoms with Gasteiger partial charge in [0.05, 0.1) is 23.8 Å². The number of hydrogen-bond donors (Lipinski definition) is 0. The van der Waals surface area contributed by atoms with E-state index in [2.05, 4.69) is 25.4 Å². The van der Waals surface area contributed by atoms with Crippen molar-refractivity contribution >= 4 is 23.0 Å². The van der Waals surface area contributed by atoms with Gasteiger partial charge in [-0.3, -0.25) is 14.4 Å². The fraction of sp³-hybridized carbons (Fsp3) is 0.250. The molecule has 176 valence electrons. The Balaban J connectivity index is 1.57. The lowest BCUT2D eigenvalue weighted by Crippen LogP contribution is -2.19. The van der Waals surface area contributed by atoms with Crippen LogP contribution in [0.2, 0.25) is 0 Å². The van der Waals surface area contributed by atoms with Crippen LogP contribution in [0.5, 0.6) is 0 Å². The fourth-order valence-electron chi connectivity index (χ4n) is 4.63. The molecule has 2 aliphatic rings. The maximum atomic E-state index is 15.0. The molecule has 1 unspecified atom stereocenters. The quantitative estimate of drug-likeness (QED) is 0.403. The van der Waals surface area contributed by atoms with Crippen LogP contribution >= 0.6 is 11.3 Å². The van der Waals surface area contributed by atoms with Gasteiger partial charge < -0.3 is 4.74 Å². The highest BCUT2D eigenvalue weighted by molar-refractivity contribution is 7.15. The van der Waals surface area contributed by atoms with Crippen LogP contribution in [-0.2, 0) is 28.9 Å². The zero-order valence-electron chi connectivity index (χ0n) is 18.5. The number of aromatic nitrogens is 5. The Morgan fingerprint density at radius 3 is 2.69 bits per heavy atom. The highest BCUT2D eigenvalue weighted by Gasteiger charge is 2.38. The average molecular weight is 493 g/mol. The van der Waals surface area contributed by atoms with Gasteiger partial charge in [0.2, 0.25) is 0 Å². The number of nitrogens with zero attached hydrogens (tertiary/aromatic N) is 6. The van der Waals surface area contributed by atoms with E-state index in [-0.39, 0.29) is 29.7 Å². The maximum Gasteiger partial charge on any atom is 0.309 e. The summed E-state index contributed by atoms with van der Waals surface area (Å²) < 4.78 is 37.0. The molecule has 1 aromatic carbocycles. The molecular weight excluding hydrogens is 474 g/mol. The van der Waals surface area contributed by atoms with E-state index in [1.54, 1.807) is 25.3 Å². The lowest BCUT2D eigenvalue weighted by atomic mass is 9.97. The molecule has 6 rings (SSSR count). The van der Waals surface area contributed by atoms with Crippen molar-refractivity contribution in [1.82, 2.24) is 25.0 Å². The molecule has 0 bridgehead atoms. The molecule has 0 saturated heterocycles. The van der Waals surface area contributed by atoms with E-state index in [0.29, 0.717) is 47.4 Å². The van der Waals surface area contributed by atoms with Crippen molar-refractivity contribution in [1.29, 1.82) is 0 Å². The highest BCUT2D eigenvalue weighted by atomic mass is 32.1. The van der Waals surface area contributed by atoms with Crippen molar-refractivity contribution in [3.05, 3.63) is 75.6 Å². The third-order valence-corrected chi connectivity index (χ3v) is 7.36. The van der Waals surface area contributed by atoms with E-state index < -0.39 is 11.6 Å². The highest BCUT2D eigenvalue weighted by Crippen LogP contribution is 2.44. The Morgan fingerprint density at radius 1 is 1.11 bits per heavy atom. The Bertz CT molecular complexity index is 1480. The summed E-state index contributed by atoms with van der Waals surface area (Å²) in [7, 11) is 0. The molecule has 0 saturated carbocycles. The zero-order chi connectivity index (χ0) is 24.1. The van der Waals surface area contributed by atoms with Gasteiger partial charge in [0, 0.05) is 16.6 Å². The molecule has 4 aromatic rings. The van der Waals surface area contributed by atoms with Crippen LogP contribution in [0.15, 0.2) is 41.5 Å². The van der Waals surface area contributed by atoms with Gasteiger partial charge in [-0.25, -0.2) is 8.78 Å². The van der Waals surface area contributed by atoms with Gasteiger partial charge in [-0.15, -0.1) is 26.6 Å². The largest absolute Gasteiger partial charge is 0.466 e. The van der Waals surface area contributed by atoms with Crippen molar-refractivity contribution in [3.8, 4) is 16.5 Å². The summed E-state index contributed by atoms with van der Waals surface area (Å²) in [4.78, 5) is 18.1. The zero-order valence-corrected chi connectivity index (χ0v) is 19.4. The molecule has 0 radical (unpaired) electrons. The van der Waals surface area contributed by atoms with Crippen LogP contribution in [0.4, 0.5) is 8.78 Å². The smallest absolute Gasteiger partial charge is 0.309 e. The molecule has 0 fully saturated rings. The monoisotopic (exact) mass is 492 g/mol. The van der Waals surface area contributed by atoms with E-state index in [4.69, 9.17) is 4.74 Å².